The molecule has 4 N–H and O–H groups in total. The number of aliphatic hydroxyl groups is 4. The molecule has 66 heavy (non-hydrogen) atoms. The zero-order valence-electron chi connectivity index (χ0n) is 43.9. The first-order chi connectivity index (χ1) is 32.1. The van der Waals surface area contributed by atoms with Crippen LogP contribution in [0.5, 0.6) is 0 Å². The second-order valence-corrected chi connectivity index (χ2v) is 22.1. The van der Waals surface area contributed by atoms with Crippen molar-refractivity contribution in [3.63, 3.8) is 0 Å². The van der Waals surface area contributed by atoms with Crippen LogP contribution in [-0.2, 0) is 9.59 Å². The second kappa shape index (κ2) is 50.9. The number of rotatable bonds is 52. The fraction of sp³-hybridized carbons (Fsp3) is 0.929. The van der Waals surface area contributed by atoms with Crippen LogP contribution in [0, 0.1) is 0 Å². The van der Waals surface area contributed by atoms with Crippen LogP contribution in [0.2, 0.25) is 0 Å². The molecule has 0 saturated heterocycles. The molecule has 0 bridgehead atoms. The van der Waals surface area contributed by atoms with Gasteiger partial charge >= 0.3 is 0 Å². The molecule has 8 nitrogen and oxygen atoms in total. The van der Waals surface area contributed by atoms with Crippen LogP contribution in [0.4, 0.5) is 0 Å². The second-order valence-electron chi connectivity index (χ2n) is 19.9. The van der Waals surface area contributed by atoms with Crippen LogP contribution < -0.4 is 0 Å². The maximum atomic E-state index is 12.9. The SMILES string of the molecule is CCCCCCCCCCC(O)CN(CCSC(=O)/C=C\C(=O)SCCN(CC(O)CCCCCCCCCC)CC(O)CCCCCCCCCC)CC(O)CCCCCCCCCC. The van der Waals surface area contributed by atoms with E-state index in [1.165, 1.54) is 190 Å². The fourth-order valence-corrected chi connectivity index (χ4v) is 10.3. The first-order valence-electron chi connectivity index (χ1n) is 28.3. The summed E-state index contributed by atoms with van der Waals surface area (Å²) in [4.78, 5) is 30.0. The van der Waals surface area contributed by atoms with Crippen molar-refractivity contribution in [2.75, 3.05) is 50.8 Å². The van der Waals surface area contributed by atoms with Crippen molar-refractivity contribution in [2.45, 2.75) is 283 Å². The summed E-state index contributed by atoms with van der Waals surface area (Å²) in [6, 6.07) is 0. The maximum Gasteiger partial charge on any atom is 0.212 e. The van der Waals surface area contributed by atoms with Gasteiger partial charge in [0, 0.05) is 50.8 Å². The zero-order chi connectivity index (χ0) is 48.6. The maximum absolute atomic E-state index is 12.9. The highest BCUT2D eigenvalue weighted by molar-refractivity contribution is 8.14. The predicted molar refractivity (Wildman–Crippen MR) is 290 cm³/mol. The Balaban J connectivity index is 5.00. The Kier molecular flexibility index (Phi) is 50.6. The molecule has 4 unspecified atom stereocenters. The van der Waals surface area contributed by atoms with Crippen LogP contribution in [0.1, 0.15) is 259 Å². The average molecular weight is 972 g/mol. The Morgan fingerprint density at radius 3 is 0.758 bits per heavy atom. The highest BCUT2D eigenvalue weighted by atomic mass is 32.2. The van der Waals surface area contributed by atoms with Crippen molar-refractivity contribution in [1.82, 2.24) is 9.80 Å². The molecular formula is C56H110N2O6S2. The van der Waals surface area contributed by atoms with Gasteiger partial charge in [-0.1, -0.05) is 257 Å². The van der Waals surface area contributed by atoms with Crippen LogP contribution in [0.15, 0.2) is 12.2 Å². The first kappa shape index (κ1) is 65.5. The number of thioether (sulfide) groups is 2. The van der Waals surface area contributed by atoms with Gasteiger partial charge in [-0.05, 0) is 37.8 Å². The van der Waals surface area contributed by atoms with E-state index in [1.807, 2.05) is 0 Å². The number of carbonyl (C=O) groups is 2. The Bertz CT molecular complexity index is 933. The third kappa shape index (κ3) is 47.2. The number of nitrogens with zero attached hydrogens (tertiary/aromatic N) is 2. The van der Waals surface area contributed by atoms with Crippen molar-refractivity contribution < 1.29 is 30.0 Å². The lowest BCUT2D eigenvalue weighted by Gasteiger charge is -2.27. The van der Waals surface area contributed by atoms with Gasteiger partial charge in [-0.2, -0.15) is 0 Å². The molecule has 0 aliphatic rings. The van der Waals surface area contributed by atoms with E-state index in [0.717, 1.165) is 77.0 Å². The summed E-state index contributed by atoms with van der Waals surface area (Å²) in [7, 11) is 0. The highest BCUT2D eigenvalue weighted by Gasteiger charge is 2.18. The lowest BCUT2D eigenvalue weighted by Crippen LogP contribution is -2.39. The molecule has 392 valence electrons. The van der Waals surface area contributed by atoms with Crippen LogP contribution in [0.25, 0.3) is 0 Å². The number of unbranched alkanes of at least 4 members (excludes halogenated alkanes) is 28. The van der Waals surface area contributed by atoms with E-state index in [4.69, 9.17) is 0 Å². The third-order valence-electron chi connectivity index (χ3n) is 13.1. The van der Waals surface area contributed by atoms with Gasteiger partial charge in [0.05, 0.1) is 24.4 Å². The van der Waals surface area contributed by atoms with Crippen LogP contribution in [-0.4, -0.2) is 116 Å². The van der Waals surface area contributed by atoms with E-state index in [0.29, 0.717) is 50.8 Å². The standard InChI is InChI=1S/C56H110N2O6S2/c1-5-9-13-17-21-25-29-33-37-51(59)47-57(48-52(60)38-34-30-26-22-18-14-10-6-2)43-45-65-55(63)41-42-56(64)66-46-44-58(49-53(61)39-35-31-27-23-19-15-11-7-3)50-54(62)40-36-32-28-24-20-16-12-8-4/h41-42,51-54,59-62H,5-40,43-50H2,1-4H3/b42-41-. The summed E-state index contributed by atoms with van der Waals surface area (Å²) in [5.74, 6) is 1.05. The minimum Gasteiger partial charge on any atom is -0.392 e. The lowest BCUT2D eigenvalue weighted by molar-refractivity contribution is -0.109. The first-order valence-corrected chi connectivity index (χ1v) is 30.3. The highest BCUT2D eigenvalue weighted by Crippen LogP contribution is 2.17. The molecule has 0 aromatic heterocycles. The summed E-state index contributed by atoms with van der Waals surface area (Å²) in [6.45, 7) is 12.1. The molecule has 0 aromatic carbocycles. The van der Waals surface area contributed by atoms with Gasteiger partial charge in [0.25, 0.3) is 0 Å². The van der Waals surface area contributed by atoms with E-state index < -0.39 is 24.4 Å². The molecule has 0 fully saturated rings. The summed E-state index contributed by atoms with van der Waals surface area (Å²) in [6.07, 6.45) is 43.3. The van der Waals surface area contributed by atoms with Gasteiger partial charge in [0.1, 0.15) is 0 Å². The van der Waals surface area contributed by atoms with E-state index in [2.05, 4.69) is 37.5 Å². The van der Waals surface area contributed by atoms with E-state index in [1.54, 1.807) is 0 Å². The van der Waals surface area contributed by atoms with Crippen molar-refractivity contribution in [2.24, 2.45) is 0 Å². The van der Waals surface area contributed by atoms with E-state index >= 15 is 0 Å². The monoisotopic (exact) mass is 971 g/mol. The molecule has 0 amide bonds. The lowest BCUT2D eigenvalue weighted by atomic mass is 10.0. The molecule has 0 radical (unpaired) electrons. The molecule has 4 atom stereocenters. The molecular weight excluding hydrogens is 861 g/mol. The Hall–Kier alpha value is -0.460. The van der Waals surface area contributed by atoms with E-state index in [-0.39, 0.29) is 10.2 Å². The van der Waals surface area contributed by atoms with Gasteiger partial charge in [-0.25, -0.2) is 0 Å². The largest absolute Gasteiger partial charge is 0.392 e. The van der Waals surface area contributed by atoms with Gasteiger partial charge in [0.15, 0.2) is 0 Å². The average Bonchev–Trinajstić information content (AvgIpc) is 3.29. The van der Waals surface area contributed by atoms with Gasteiger partial charge in [-0.3, -0.25) is 19.4 Å². The third-order valence-corrected chi connectivity index (χ3v) is 14.7. The van der Waals surface area contributed by atoms with Crippen molar-refractivity contribution in [3.05, 3.63) is 12.2 Å². The summed E-state index contributed by atoms with van der Waals surface area (Å²) >= 11 is 2.36. The molecule has 10 heteroatoms. The molecule has 0 saturated carbocycles. The van der Waals surface area contributed by atoms with Gasteiger partial charge in [-0.15, -0.1) is 0 Å². The number of aliphatic hydroxyl groups excluding tert-OH is 4. The van der Waals surface area contributed by atoms with Crippen LogP contribution in [0.3, 0.4) is 0 Å². The minimum atomic E-state index is -0.456. The minimum absolute atomic E-state index is 0.169. The molecule has 0 rings (SSSR count). The Morgan fingerprint density at radius 2 is 0.545 bits per heavy atom. The number of hydrogen-bond acceptors (Lipinski definition) is 10. The Morgan fingerprint density at radius 1 is 0.348 bits per heavy atom. The smallest absolute Gasteiger partial charge is 0.212 e. The van der Waals surface area contributed by atoms with Crippen molar-refractivity contribution in [1.29, 1.82) is 0 Å². The van der Waals surface area contributed by atoms with Gasteiger partial charge in [0.2, 0.25) is 10.2 Å². The summed E-state index contributed by atoms with van der Waals surface area (Å²) in [5, 5.41) is 43.5. The fourth-order valence-electron chi connectivity index (χ4n) is 8.91. The van der Waals surface area contributed by atoms with Gasteiger partial charge < -0.3 is 20.4 Å². The van der Waals surface area contributed by atoms with E-state index in [9.17, 15) is 30.0 Å². The topological polar surface area (TPSA) is 122 Å². The van der Waals surface area contributed by atoms with Crippen molar-refractivity contribution >= 4 is 33.8 Å². The number of carbonyl (C=O) groups excluding carboxylic acids is 2. The molecule has 0 aliphatic carbocycles. The normalized spacial score (nSPS) is 13.9. The molecule has 0 spiro atoms. The number of hydrogen-bond donors (Lipinski definition) is 4. The van der Waals surface area contributed by atoms with Crippen molar-refractivity contribution in [3.8, 4) is 0 Å². The molecule has 0 heterocycles. The molecule has 0 aliphatic heterocycles. The summed E-state index contributed by atoms with van der Waals surface area (Å²) < 4.78 is 0. The summed E-state index contributed by atoms with van der Waals surface area (Å²) in [5.41, 5.74) is 0. The Labute approximate surface area is 417 Å². The molecule has 0 aromatic rings. The quantitative estimate of drug-likeness (QED) is 0.0346. The zero-order valence-corrected chi connectivity index (χ0v) is 45.5. The predicted octanol–water partition coefficient (Wildman–Crippen LogP) is 14.2. The van der Waals surface area contributed by atoms with Crippen LogP contribution >= 0.6 is 23.5 Å².